The topological polar surface area (TPSA) is 91.7 Å². The number of anilines is 1. The number of aromatic nitrogens is 5. The number of alkyl halides is 3. The quantitative estimate of drug-likeness (QED) is 0.781. The van der Waals surface area contributed by atoms with Gasteiger partial charge in [0.15, 0.2) is 5.65 Å². The molecular formula is C15H13F3N6O. The predicted octanol–water partition coefficient (Wildman–Crippen LogP) is 2.70. The third-order valence-electron chi connectivity index (χ3n) is 3.97. The van der Waals surface area contributed by atoms with Gasteiger partial charge in [0.2, 0.25) is 17.7 Å². The van der Waals surface area contributed by atoms with Crippen LogP contribution in [0.1, 0.15) is 30.3 Å². The Balaban J connectivity index is 1.97. The van der Waals surface area contributed by atoms with Crippen molar-refractivity contribution >= 4 is 17.1 Å². The molecule has 0 spiro atoms. The van der Waals surface area contributed by atoms with Crippen LogP contribution in [0.5, 0.6) is 5.88 Å². The van der Waals surface area contributed by atoms with Crippen molar-refractivity contribution in [3.8, 4) is 11.6 Å². The number of nitrogen functional groups attached to an aromatic ring is 1. The molecular weight excluding hydrogens is 337 g/mol. The number of rotatable bonds is 3. The van der Waals surface area contributed by atoms with Gasteiger partial charge in [0, 0.05) is 12.0 Å². The molecule has 0 saturated heterocycles. The van der Waals surface area contributed by atoms with Gasteiger partial charge in [-0.1, -0.05) is 0 Å². The number of methoxy groups -OCH3 is 1. The maximum absolute atomic E-state index is 13.2. The zero-order valence-electron chi connectivity index (χ0n) is 13.1. The van der Waals surface area contributed by atoms with E-state index < -0.39 is 12.0 Å². The van der Waals surface area contributed by atoms with Gasteiger partial charge in [0.05, 0.1) is 24.7 Å². The minimum atomic E-state index is -4.65. The number of hydrogen-bond acceptors (Lipinski definition) is 6. The smallest absolute Gasteiger partial charge is 0.451 e. The average molecular weight is 350 g/mol. The summed E-state index contributed by atoms with van der Waals surface area (Å²) in [6.07, 6.45) is -1.66. The Morgan fingerprint density at radius 1 is 1.20 bits per heavy atom. The first-order valence-corrected chi connectivity index (χ1v) is 7.52. The van der Waals surface area contributed by atoms with E-state index in [1.807, 2.05) is 0 Å². The molecule has 7 nitrogen and oxygen atoms in total. The van der Waals surface area contributed by atoms with Gasteiger partial charge >= 0.3 is 6.18 Å². The summed E-state index contributed by atoms with van der Waals surface area (Å²) in [5.74, 6) is -0.832. The van der Waals surface area contributed by atoms with Gasteiger partial charge in [0.25, 0.3) is 0 Å². The van der Waals surface area contributed by atoms with Crippen LogP contribution in [0.15, 0.2) is 18.3 Å². The lowest BCUT2D eigenvalue weighted by Crippen LogP contribution is -2.13. The fraction of sp³-hybridized carbons (Fsp3) is 0.333. The second-order valence-corrected chi connectivity index (χ2v) is 5.74. The van der Waals surface area contributed by atoms with Gasteiger partial charge in [-0.3, -0.25) is 4.57 Å². The number of imidazole rings is 1. The Hall–Kier alpha value is -2.91. The van der Waals surface area contributed by atoms with E-state index in [0.29, 0.717) is 22.8 Å². The molecule has 2 N–H and O–H groups in total. The number of hydrogen-bond donors (Lipinski definition) is 1. The second-order valence-electron chi connectivity index (χ2n) is 5.74. The van der Waals surface area contributed by atoms with Gasteiger partial charge in [-0.25, -0.2) is 19.9 Å². The lowest BCUT2D eigenvalue weighted by atomic mass is 10.2. The summed E-state index contributed by atoms with van der Waals surface area (Å²) in [5, 5.41) is 0. The van der Waals surface area contributed by atoms with Gasteiger partial charge in [-0.05, 0) is 18.9 Å². The molecule has 130 valence electrons. The fourth-order valence-corrected chi connectivity index (χ4v) is 2.64. The second kappa shape index (κ2) is 5.30. The van der Waals surface area contributed by atoms with Crippen molar-refractivity contribution < 1.29 is 17.9 Å². The molecule has 0 amide bonds. The monoisotopic (exact) mass is 350 g/mol. The largest absolute Gasteiger partial charge is 0.481 e. The minimum absolute atomic E-state index is 0.0219. The molecule has 1 fully saturated rings. The molecule has 3 aromatic rings. The van der Waals surface area contributed by atoms with E-state index in [1.54, 1.807) is 12.1 Å². The van der Waals surface area contributed by atoms with Gasteiger partial charge < -0.3 is 10.5 Å². The van der Waals surface area contributed by atoms with Crippen LogP contribution in [0.4, 0.5) is 19.1 Å². The van der Waals surface area contributed by atoms with Crippen molar-refractivity contribution in [1.82, 2.24) is 24.5 Å². The van der Waals surface area contributed by atoms with Crippen molar-refractivity contribution in [1.29, 1.82) is 0 Å². The standard InChI is InChI=1S/C15H13F3N6O/c1-25-9-5-4-8(6-20-9)24-12-11(22-14(24)19)10(7-2-3-7)21-13(23-12)15(16,17)18/h4-7H,2-3H2,1H3,(H2,19,22). The van der Waals surface area contributed by atoms with E-state index in [1.165, 1.54) is 17.9 Å². The fourth-order valence-electron chi connectivity index (χ4n) is 2.64. The summed E-state index contributed by atoms with van der Waals surface area (Å²) in [4.78, 5) is 15.6. The van der Waals surface area contributed by atoms with Crippen LogP contribution in [0.3, 0.4) is 0 Å². The van der Waals surface area contributed by atoms with Crippen molar-refractivity contribution in [2.24, 2.45) is 0 Å². The van der Waals surface area contributed by atoms with Crippen LogP contribution < -0.4 is 10.5 Å². The zero-order valence-corrected chi connectivity index (χ0v) is 13.1. The third kappa shape index (κ3) is 2.63. The van der Waals surface area contributed by atoms with E-state index in [9.17, 15) is 13.2 Å². The van der Waals surface area contributed by atoms with Crippen molar-refractivity contribution in [3.05, 3.63) is 29.8 Å². The molecule has 1 saturated carbocycles. The zero-order chi connectivity index (χ0) is 17.8. The van der Waals surface area contributed by atoms with Gasteiger partial charge in [0.1, 0.15) is 5.52 Å². The van der Waals surface area contributed by atoms with Crippen molar-refractivity contribution in [2.75, 3.05) is 12.8 Å². The molecule has 3 heterocycles. The SMILES string of the molecule is COc1ccc(-n2c(N)nc3c(C4CC4)nc(C(F)(F)F)nc32)cn1. The summed E-state index contributed by atoms with van der Waals surface area (Å²) >= 11 is 0. The highest BCUT2D eigenvalue weighted by Crippen LogP contribution is 2.43. The first-order valence-electron chi connectivity index (χ1n) is 7.52. The molecule has 0 bridgehead atoms. The molecule has 10 heteroatoms. The number of fused-ring (bicyclic) bond motifs is 1. The highest BCUT2D eigenvalue weighted by molar-refractivity contribution is 5.80. The summed E-state index contributed by atoms with van der Waals surface area (Å²) in [7, 11) is 1.47. The average Bonchev–Trinajstić information content (AvgIpc) is 3.35. The highest BCUT2D eigenvalue weighted by Gasteiger charge is 2.39. The number of halogens is 3. The van der Waals surface area contributed by atoms with Crippen LogP contribution in [0, 0.1) is 0 Å². The minimum Gasteiger partial charge on any atom is -0.481 e. The molecule has 0 aromatic carbocycles. The summed E-state index contributed by atoms with van der Waals surface area (Å²) in [6.45, 7) is 0. The molecule has 0 radical (unpaired) electrons. The molecule has 0 unspecified atom stereocenters. The van der Waals surface area contributed by atoms with Crippen LogP contribution >= 0.6 is 0 Å². The molecule has 1 aliphatic rings. The van der Waals surface area contributed by atoms with Crippen LogP contribution in [-0.4, -0.2) is 31.6 Å². The first kappa shape index (κ1) is 15.6. The molecule has 1 aliphatic carbocycles. The summed E-state index contributed by atoms with van der Waals surface area (Å²) in [6, 6.07) is 3.20. The Labute approximate surface area is 139 Å². The molecule has 3 aromatic heterocycles. The van der Waals surface area contributed by atoms with Crippen molar-refractivity contribution in [3.63, 3.8) is 0 Å². The van der Waals surface area contributed by atoms with E-state index in [2.05, 4.69) is 19.9 Å². The van der Waals surface area contributed by atoms with Crippen LogP contribution in [0.25, 0.3) is 16.9 Å². The Morgan fingerprint density at radius 2 is 1.96 bits per heavy atom. The molecule has 0 atom stereocenters. The molecule has 0 aliphatic heterocycles. The number of nitrogens with two attached hydrogens (primary N) is 1. The number of ether oxygens (including phenoxy) is 1. The third-order valence-corrected chi connectivity index (χ3v) is 3.97. The highest BCUT2D eigenvalue weighted by atomic mass is 19.4. The van der Waals surface area contributed by atoms with Crippen LogP contribution in [0.2, 0.25) is 0 Å². The Bertz CT molecular complexity index is 947. The maximum atomic E-state index is 13.2. The molecule has 4 rings (SSSR count). The lowest BCUT2D eigenvalue weighted by molar-refractivity contribution is -0.144. The lowest BCUT2D eigenvalue weighted by Gasteiger charge is -2.10. The van der Waals surface area contributed by atoms with Crippen molar-refractivity contribution in [2.45, 2.75) is 24.9 Å². The number of pyridine rings is 1. The number of nitrogens with zero attached hydrogens (tertiary/aromatic N) is 5. The summed E-state index contributed by atoms with van der Waals surface area (Å²) in [5.41, 5.74) is 7.00. The Morgan fingerprint density at radius 3 is 2.52 bits per heavy atom. The van der Waals surface area contributed by atoms with Gasteiger partial charge in [-0.2, -0.15) is 13.2 Å². The maximum Gasteiger partial charge on any atom is 0.451 e. The van der Waals surface area contributed by atoms with E-state index in [4.69, 9.17) is 10.5 Å². The normalized spacial score (nSPS) is 14.9. The van der Waals surface area contributed by atoms with Gasteiger partial charge in [-0.15, -0.1) is 0 Å². The molecule has 25 heavy (non-hydrogen) atoms. The Kier molecular flexibility index (Phi) is 3.31. The van der Waals surface area contributed by atoms with E-state index in [-0.39, 0.29) is 17.5 Å². The van der Waals surface area contributed by atoms with E-state index >= 15 is 0 Å². The summed E-state index contributed by atoms with van der Waals surface area (Å²) < 4.78 is 45.9. The van der Waals surface area contributed by atoms with E-state index in [0.717, 1.165) is 12.8 Å². The van der Waals surface area contributed by atoms with Crippen LogP contribution in [-0.2, 0) is 6.18 Å². The predicted molar refractivity (Wildman–Crippen MR) is 82.4 cm³/mol. The first-order chi connectivity index (χ1) is 11.9.